The molecule has 23 heavy (non-hydrogen) atoms. The number of amides is 1. The van der Waals surface area contributed by atoms with Gasteiger partial charge in [0, 0.05) is 23.7 Å². The largest absolute Gasteiger partial charge is 0.365 e. The summed E-state index contributed by atoms with van der Waals surface area (Å²) >= 11 is 0. The van der Waals surface area contributed by atoms with Crippen LogP contribution in [0.5, 0.6) is 0 Å². The Morgan fingerprint density at radius 1 is 1.30 bits per heavy atom. The van der Waals surface area contributed by atoms with Gasteiger partial charge in [0.25, 0.3) is 5.91 Å². The molecule has 0 saturated carbocycles. The van der Waals surface area contributed by atoms with E-state index in [1.165, 1.54) is 6.20 Å². The fourth-order valence-electron chi connectivity index (χ4n) is 2.34. The number of hydrogen-bond acceptors (Lipinski definition) is 5. The molecule has 0 aliphatic carbocycles. The summed E-state index contributed by atoms with van der Waals surface area (Å²) in [6.07, 6.45) is 7.44. The summed E-state index contributed by atoms with van der Waals surface area (Å²) < 4.78 is 0. The number of primary amides is 1. The van der Waals surface area contributed by atoms with Crippen molar-refractivity contribution in [3.63, 3.8) is 0 Å². The molecule has 1 aromatic heterocycles. The van der Waals surface area contributed by atoms with E-state index in [9.17, 15) is 4.79 Å². The first-order valence-corrected chi connectivity index (χ1v) is 7.37. The Morgan fingerprint density at radius 3 is 2.91 bits per heavy atom. The van der Waals surface area contributed by atoms with Gasteiger partial charge in [0.15, 0.2) is 0 Å². The minimum absolute atomic E-state index is 0.260. The van der Waals surface area contributed by atoms with Crippen LogP contribution in [0.3, 0.4) is 0 Å². The van der Waals surface area contributed by atoms with E-state index in [1.54, 1.807) is 6.92 Å². The summed E-state index contributed by atoms with van der Waals surface area (Å²) in [5.74, 6) is 0.403. The topological polar surface area (TPSA) is 93.3 Å². The summed E-state index contributed by atoms with van der Waals surface area (Å²) in [6.45, 7) is 1.76. The lowest BCUT2D eigenvalue weighted by Crippen LogP contribution is -2.15. The van der Waals surface area contributed by atoms with Gasteiger partial charge >= 0.3 is 0 Å². The van der Waals surface area contributed by atoms with Gasteiger partial charge in [-0.3, -0.25) is 9.79 Å². The molecule has 2 aromatic rings. The molecule has 6 nitrogen and oxygen atoms in total. The zero-order valence-electron chi connectivity index (χ0n) is 12.8. The number of rotatable bonds is 4. The quantitative estimate of drug-likeness (QED) is 0.908. The van der Waals surface area contributed by atoms with Gasteiger partial charge in [0.05, 0.1) is 5.70 Å². The van der Waals surface area contributed by atoms with Crippen LogP contribution in [0.2, 0.25) is 0 Å². The lowest BCUT2D eigenvalue weighted by Gasteiger charge is -2.12. The number of carbonyl (C=O) groups excluding carboxylic acids is 1. The molecule has 0 bridgehead atoms. The molecule has 0 atom stereocenters. The van der Waals surface area contributed by atoms with Crippen LogP contribution in [0.4, 0.5) is 11.5 Å². The van der Waals surface area contributed by atoms with Crippen LogP contribution in [-0.2, 0) is 0 Å². The third-order valence-corrected chi connectivity index (χ3v) is 3.46. The van der Waals surface area contributed by atoms with E-state index >= 15 is 0 Å². The smallest absolute Gasteiger partial charge is 0.254 e. The minimum Gasteiger partial charge on any atom is -0.365 e. The number of nitrogens with two attached hydrogens (primary N) is 1. The van der Waals surface area contributed by atoms with Crippen molar-refractivity contribution in [2.75, 3.05) is 5.32 Å². The Balaban J connectivity index is 1.92. The molecule has 3 N–H and O–H groups in total. The van der Waals surface area contributed by atoms with Crippen LogP contribution in [0.25, 0.3) is 5.70 Å². The molecule has 6 heteroatoms. The molecule has 0 fully saturated rings. The third kappa shape index (κ3) is 3.42. The van der Waals surface area contributed by atoms with Crippen LogP contribution in [-0.4, -0.2) is 22.1 Å². The van der Waals surface area contributed by atoms with Crippen molar-refractivity contribution in [1.82, 2.24) is 9.97 Å². The maximum Gasteiger partial charge on any atom is 0.254 e. The van der Waals surface area contributed by atoms with Crippen molar-refractivity contribution < 1.29 is 4.79 Å². The van der Waals surface area contributed by atoms with Crippen molar-refractivity contribution >= 4 is 29.3 Å². The number of aromatic nitrogens is 2. The summed E-state index contributed by atoms with van der Waals surface area (Å²) in [7, 11) is 0. The van der Waals surface area contributed by atoms with Crippen LogP contribution in [0.1, 0.15) is 34.6 Å². The maximum atomic E-state index is 11.5. The predicted molar refractivity (Wildman–Crippen MR) is 90.7 cm³/mol. The summed E-state index contributed by atoms with van der Waals surface area (Å²) in [6, 6.07) is 7.80. The average molecular weight is 307 g/mol. The molecule has 1 aliphatic rings. The predicted octanol–water partition coefficient (Wildman–Crippen LogP) is 2.83. The van der Waals surface area contributed by atoms with E-state index in [-0.39, 0.29) is 5.56 Å². The van der Waals surface area contributed by atoms with Crippen molar-refractivity contribution in [1.29, 1.82) is 0 Å². The van der Waals surface area contributed by atoms with Gasteiger partial charge in [-0.1, -0.05) is 18.2 Å². The highest BCUT2D eigenvalue weighted by atomic mass is 16.1. The van der Waals surface area contributed by atoms with Crippen LogP contribution in [0.15, 0.2) is 41.5 Å². The highest BCUT2D eigenvalue weighted by Gasteiger charge is 2.12. The monoisotopic (exact) mass is 307 g/mol. The fourth-order valence-corrected chi connectivity index (χ4v) is 2.34. The lowest BCUT2D eigenvalue weighted by molar-refractivity contribution is 0.100. The van der Waals surface area contributed by atoms with Gasteiger partial charge in [0.1, 0.15) is 17.2 Å². The first kappa shape index (κ1) is 14.9. The zero-order valence-corrected chi connectivity index (χ0v) is 12.8. The Bertz CT molecular complexity index is 810. The zero-order chi connectivity index (χ0) is 16.2. The highest BCUT2D eigenvalue weighted by molar-refractivity contribution is 5.98. The summed E-state index contributed by atoms with van der Waals surface area (Å²) in [5, 5.41) is 3.14. The van der Waals surface area contributed by atoms with Gasteiger partial charge < -0.3 is 11.1 Å². The van der Waals surface area contributed by atoms with E-state index in [0.717, 1.165) is 29.8 Å². The molecule has 1 aliphatic heterocycles. The molecule has 1 amide bonds. The normalized spacial score (nSPS) is 13.5. The number of aliphatic imine (C=N–C) groups is 1. The van der Waals surface area contributed by atoms with Gasteiger partial charge in [-0.05, 0) is 31.9 Å². The van der Waals surface area contributed by atoms with Gasteiger partial charge in [-0.2, -0.15) is 0 Å². The number of anilines is 2. The number of allylic oxidation sites excluding steroid dienone is 1. The second-order valence-electron chi connectivity index (χ2n) is 5.23. The molecule has 2 heterocycles. The molecule has 0 unspecified atom stereocenters. The molecule has 116 valence electrons. The maximum absolute atomic E-state index is 11.5. The molecule has 0 saturated heterocycles. The number of hydrogen-bond donors (Lipinski definition) is 2. The first-order valence-electron chi connectivity index (χ1n) is 7.37. The lowest BCUT2D eigenvalue weighted by atomic mass is 10.1. The van der Waals surface area contributed by atoms with Crippen molar-refractivity contribution in [2.24, 2.45) is 10.7 Å². The molecule has 0 radical (unpaired) electrons. The fraction of sp³-hybridized carbons (Fsp3) is 0.176. The number of nitrogens with one attached hydrogen (secondary N) is 1. The molecule has 1 aromatic carbocycles. The number of nitrogens with zero attached hydrogens (tertiary/aromatic N) is 3. The molecular formula is C17H17N5O. The number of benzene rings is 1. The first-order chi connectivity index (χ1) is 11.1. The number of aryl methyl sites for hydroxylation is 1. The van der Waals surface area contributed by atoms with Crippen LogP contribution >= 0.6 is 0 Å². The Kier molecular flexibility index (Phi) is 4.14. The SMILES string of the molecule is Cc1ncc(C(N)=O)c(Nc2cccc(C3=CCCC=N3)c2)n1. The Hall–Kier alpha value is -3.02. The van der Waals surface area contributed by atoms with Crippen molar-refractivity contribution in [3.05, 3.63) is 53.5 Å². The Labute approximate surface area is 134 Å². The third-order valence-electron chi connectivity index (χ3n) is 3.46. The van der Waals surface area contributed by atoms with Crippen LogP contribution < -0.4 is 11.1 Å². The standard InChI is InChI=1S/C17H17N5O/c1-11-20-10-14(16(18)23)17(21-11)22-13-6-4-5-12(9-13)15-7-2-3-8-19-15/h4-10H,2-3H2,1H3,(H2,18,23)(H,20,21,22). The van der Waals surface area contributed by atoms with E-state index in [4.69, 9.17) is 5.73 Å². The second-order valence-corrected chi connectivity index (χ2v) is 5.23. The second kappa shape index (κ2) is 6.39. The highest BCUT2D eigenvalue weighted by Crippen LogP contribution is 2.25. The van der Waals surface area contributed by atoms with E-state index in [2.05, 4.69) is 26.4 Å². The summed E-state index contributed by atoms with van der Waals surface area (Å²) in [5.41, 5.74) is 8.41. The molecule has 0 spiro atoms. The van der Waals surface area contributed by atoms with Gasteiger partial charge in [-0.25, -0.2) is 9.97 Å². The van der Waals surface area contributed by atoms with E-state index in [0.29, 0.717) is 11.6 Å². The number of carbonyl (C=O) groups is 1. The Morgan fingerprint density at radius 2 is 2.17 bits per heavy atom. The van der Waals surface area contributed by atoms with E-state index in [1.807, 2.05) is 30.5 Å². The van der Waals surface area contributed by atoms with E-state index < -0.39 is 5.91 Å². The van der Waals surface area contributed by atoms with Crippen molar-refractivity contribution in [2.45, 2.75) is 19.8 Å². The molecule has 3 rings (SSSR count). The van der Waals surface area contributed by atoms with Gasteiger partial charge in [0.2, 0.25) is 0 Å². The van der Waals surface area contributed by atoms with Crippen LogP contribution in [0, 0.1) is 6.92 Å². The van der Waals surface area contributed by atoms with Crippen molar-refractivity contribution in [3.8, 4) is 0 Å². The average Bonchev–Trinajstić information content (AvgIpc) is 2.56. The molecular weight excluding hydrogens is 290 g/mol. The van der Waals surface area contributed by atoms with Gasteiger partial charge in [-0.15, -0.1) is 0 Å². The summed E-state index contributed by atoms with van der Waals surface area (Å²) in [4.78, 5) is 24.2. The minimum atomic E-state index is -0.566.